The van der Waals surface area contributed by atoms with E-state index in [4.69, 9.17) is 46.4 Å². The maximum atomic E-state index is 12.9. The van der Waals surface area contributed by atoms with E-state index in [9.17, 15) is 19.5 Å². The van der Waals surface area contributed by atoms with Crippen LogP contribution in [0.5, 0.6) is 0 Å². The van der Waals surface area contributed by atoms with Crippen LogP contribution in [0.3, 0.4) is 0 Å². The first-order chi connectivity index (χ1) is 16.9. The highest BCUT2D eigenvalue weighted by atomic mass is 35.5. The number of aromatic carboxylic acids is 1. The molecule has 1 atom stereocenters. The molecule has 3 rings (SSSR count). The molecule has 0 aliphatic heterocycles. The van der Waals surface area contributed by atoms with Crippen molar-refractivity contribution in [3.63, 3.8) is 0 Å². The molecule has 3 aromatic rings. The number of hydrogen-bond donors (Lipinski definition) is 3. The fourth-order valence-electron chi connectivity index (χ4n) is 3.22. The molecular weight excluding hydrogens is 566 g/mol. The van der Waals surface area contributed by atoms with Gasteiger partial charge in [0.1, 0.15) is 0 Å². The molecule has 3 N–H and O–H groups in total. The van der Waals surface area contributed by atoms with Crippen molar-refractivity contribution in [3.8, 4) is 0 Å². The number of rotatable bonds is 7. The average Bonchev–Trinajstić information content (AvgIpc) is 2.82. The van der Waals surface area contributed by atoms with Gasteiger partial charge >= 0.3 is 5.97 Å². The van der Waals surface area contributed by atoms with Crippen LogP contribution in [0.1, 0.15) is 38.8 Å². The summed E-state index contributed by atoms with van der Waals surface area (Å²) in [5, 5.41) is 13.5. The number of carboxylic acid groups (broad SMARTS) is 1. The number of aryl methyl sites for hydroxylation is 2. The number of carbonyl (C=O) groups excluding carboxylic acids is 2. The molecule has 6 nitrogen and oxygen atoms in total. The van der Waals surface area contributed by atoms with Gasteiger partial charge in [-0.25, -0.2) is 4.79 Å². The van der Waals surface area contributed by atoms with Crippen LogP contribution in [0.25, 0.3) is 0 Å². The van der Waals surface area contributed by atoms with Crippen molar-refractivity contribution < 1.29 is 19.5 Å². The first-order valence-corrected chi connectivity index (χ1v) is 12.8. The molecule has 0 saturated heterocycles. The van der Waals surface area contributed by atoms with E-state index in [-0.39, 0.29) is 31.2 Å². The third kappa shape index (κ3) is 6.28. The maximum absolute atomic E-state index is 12.9. The summed E-state index contributed by atoms with van der Waals surface area (Å²) in [7, 11) is 0. The number of carboxylic acids is 1. The zero-order valence-electron chi connectivity index (χ0n) is 19.2. The van der Waals surface area contributed by atoms with Crippen LogP contribution in [-0.4, -0.2) is 28.1 Å². The molecule has 2 amide bonds. The zero-order valence-corrected chi connectivity index (χ0v) is 23.1. The topological polar surface area (TPSA) is 95.5 Å². The fourth-order valence-corrected chi connectivity index (χ4v) is 5.11. The summed E-state index contributed by atoms with van der Waals surface area (Å²) in [4.78, 5) is 38.0. The molecule has 0 radical (unpaired) electrons. The van der Waals surface area contributed by atoms with Crippen LogP contribution >= 0.6 is 58.2 Å². The Balaban J connectivity index is 1.72. The molecule has 0 heterocycles. The van der Waals surface area contributed by atoms with Gasteiger partial charge in [0, 0.05) is 16.3 Å². The Morgan fingerprint density at radius 1 is 0.833 bits per heavy atom. The molecule has 3 aromatic carbocycles. The normalized spacial score (nSPS) is 11.6. The monoisotopic (exact) mass is 584 g/mol. The molecule has 11 heteroatoms. The number of hydrogen-bond acceptors (Lipinski definition) is 4. The first kappa shape index (κ1) is 28.2. The highest BCUT2D eigenvalue weighted by Gasteiger charge is 2.29. The lowest BCUT2D eigenvalue weighted by molar-refractivity contribution is -0.115. The van der Waals surface area contributed by atoms with Gasteiger partial charge in [0.15, 0.2) is 0 Å². The summed E-state index contributed by atoms with van der Waals surface area (Å²) >= 11 is 25.4. The summed E-state index contributed by atoms with van der Waals surface area (Å²) in [6.07, 6.45) is 0. The van der Waals surface area contributed by atoms with Gasteiger partial charge in [-0.05, 0) is 62.2 Å². The minimum Gasteiger partial charge on any atom is -0.478 e. The van der Waals surface area contributed by atoms with E-state index in [1.54, 1.807) is 31.2 Å². The van der Waals surface area contributed by atoms with Gasteiger partial charge < -0.3 is 15.7 Å². The van der Waals surface area contributed by atoms with Crippen molar-refractivity contribution in [3.05, 3.63) is 84.8 Å². The minimum atomic E-state index is -1.48. The Hall–Kier alpha value is -2.42. The third-order valence-corrected chi connectivity index (χ3v) is 8.07. The van der Waals surface area contributed by atoms with E-state index in [2.05, 4.69) is 10.6 Å². The molecular formula is C25H20Cl4N2O4S. The third-order valence-electron chi connectivity index (χ3n) is 5.15. The molecule has 0 bridgehead atoms. The van der Waals surface area contributed by atoms with Crippen LogP contribution in [0, 0.1) is 13.8 Å². The maximum Gasteiger partial charge on any atom is 0.338 e. The van der Waals surface area contributed by atoms with Crippen LogP contribution in [0.4, 0.5) is 11.4 Å². The van der Waals surface area contributed by atoms with Crippen molar-refractivity contribution >= 4 is 87.3 Å². The number of nitrogens with one attached hydrogen (secondary N) is 2. The van der Waals surface area contributed by atoms with Gasteiger partial charge in [0.2, 0.25) is 5.91 Å². The molecule has 0 aliphatic carbocycles. The molecule has 36 heavy (non-hydrogen) atoms. The lowest BCUT2D eigenvalue weighted by atomic mass is 10.1. The average molecular weight is 586 g/mol. The van der Waals surface area contributed by atoms with E-state index in [0.717, 1.165) is 21.7 Å². The number of amides is 2. The largest absolute Gasteiger partial charge is 0.478 e. The van der Waals surface area contributed by atoms with E-state index < -0.39 is 23.0 Å². The molecule has 0 saturated carbocycles. The highest BCUT2D eigenvalue weighted by molar-refractivity contribution is 8.00. The quantitative estimate of drug-likeness (QED) is 0.148. The Kier molecular flexibility index (Phi) is 9.19. The first-order valence-electron chi connectivity index (χ1n) is 10.5. The molecule has 0 fully saturated rings. The van der Waals surface area contributed by atoms with Crippen LogP contribution < -0.4 is 10.6 Å². The number of carbonyl (C=O) groups is 3. The van der Waals surface area contributed by atoms with Crippen molar-refractivity contribution in [1.29, 1.82) is 0 Å². The summed E-state index contributed by atoms with van der Waals surface area (Å²) in [6.45, 7) is 5.68. The minimum absolute atomic E-state index is 0.140. The van der Waals surface area contributed by atoms with Crippen molar-refractivity contribution in [2.45, 2.75) is 30.9 Å². The Morgan fingerprint density at radius 2 is 1.42 bits per heavy atom. The van der Waals surface area contributed by atoms with E-state index in [1.807, 2.05) is 32.0 Å². The lowest BCUT2D eigenvalue weighted by Crippen LogP contribution is -2.22. The van der Waals surface area contributed by atoms with Gasteiger partial charge in [-0.2, -0.15) is 0 Å². The summed E-state index contributed by atoms with van der Waals surface area (Å²) in [5.74, 6) is -2.44. The lowest BCUT2D eigenvalue weighted by Gasteiger charge is -2.15. The molecule has 188 valence electrons. The second-order valence-electron chi connectivity index (χ2n) is 7.86. The van der Waals surface area contributed by atoms with Gasteiger partial charge in [0.25, 0.3) is 5.91 Å². The van der Waals surface area contributed by atoms with Crippen molar-refractivity contribution in [1.82, 2.24) is 0 Å². The number of thioether (sulfide) groups is 1. The molecule has 0 aromatic heterocycles. The molecule has 0 spiro atoms. The van der Waals surface area contributed by atoms with Crippen LogP contribution in [0.2, 0.25) is 20.1 Å². The van der Waals surface area contributed by atoms with Crippen molar-refractivity contribution in [2.24, 2.45) is 0 Å². The Morgan fingerprint density at radius 3 is 2.00 bits per heavy atom. The zero-order chi connectivity index (χ0) is 26.7. The molecule has 0 aliphatic rings. The Bertz CT molecular complexity index is 1360. The SMILES string of the molecule is Cc1ccc(C)c(NC(=O)C(C)Sc2ccc(NC(=O)c3c(Cl)c(Cl)c(Cl)c(Cl)c3C(=O)O)cc2)c1. The predicted octanol–water partition coefficient (Wildman–Crippen LogP) is 7.99. The van der Waals surface area contributed by atoms with Gasteiger partial charge in [0.05, 0.1) is 36.5 Å². The summed E-state index contributed by atoms with van der Waals surface area (Å²) in [5.41, 5.74) is 2.20. The van der Waals surface area contributed by atoms with Crippen LogP contribution in [-0.2, 0) is 4.79 Å². The molecule has 1 unspecified atom stereocenters. The summed E-state index contributed by atoms with van der Waals surface area (Å²) in [6, 6.07) is 12.5. The Labute approximate surface area is 232 Å². The van der Waals surface area contributed by atoms with Gasteiger partial charge in [-0.3, -0.25) is 9.59 Å². The number of halogens is 4. The smallest absolute Gasteiger partial charge is 0.338 e. The second kappa shape index (κ2) is 11.8. The van der Waals surface area contributed by atoms with E-state index >= 15 is 0 Å². The predicted molar refractivity (Wildman–Crippen MR) is 148 cm³/mol. The fraction of sp³-hybridized carbons (Fsp3) is 0.160. The van der Waals surface area contributed by atoms with E-state index in [1.165, 1.54) is 11.8 Å². The van der Waals surface area contributed by atoms with Gasteiger partial charge in [-0.15, -0.1) is 11.8 Å². The number of anilines is 2. The second-order valence-corrected chi connectivity index (χ2v) is 10.8. The standard InChI is InChI=1S/C25H20Cl4N2O4S/c1-11-4-5-12(2)16(10-11)31-23(32)13(3)36-15-8-6-14(7-9-15)30-24(33)17-18(25(34)35)20(27)22(29)21(28)19(17)26/h4-10,13H,1-3H3,(H,30,33)(H,31,32)(H,34,35). The van der Waals surface area contributed by atoms with E-state index in [0.29, 0.717) is 5.69 Å². The number of benzene rings is 3. The van der Waals surface area contributed by atoms with Gasteiger partial charge in [-0.1, -0.05) is 58.5 Å². The van der Waals surface area contributed by atoms with Crippen molar-refractivity contribution in [2.75, 3.05) is 10.6 Å². The van der Waals surface area contributed by atoms with Crippen LogP contribution in [0.15, 0.2) is 47.4 Å². The highest BCUT2D eigenvalue weighted by Crippen LogP contribution is 2.42. The summed E-state index contributed by atoms with van der Waals surface area (Å²) < 4.78 is 0.